The maximum absolute atomic E-state index is 5.77. The number of benzene rings is 1. The molecule has 0 N–H and O–H groups in total. The van der Waals surface area contributed by atoms with Crippen molar-refractivity contribution in [1.82, 2.24) is 9.78 Å². The second kappa shape index (κ2) is 5.16. The van der Waals surface area contributed by atoms with Crippen molar-refractivity contribution in [3.63, 3.8) is 0 Å². The first kappa shape index (κ1) is 11.2. The molecule has 0 radical (unpaired) electrons. The lowest BCUT2D eigenvalue weighted by Gasteiger charge is -2.06. The molecule has 0 saturated carbocycles. The van der Waals surface area contributed by atoms with E-state index in [2.05, 4.69) is 21.0 Å². The largest absolute Gasteiger partial charge is 0.454 e. The lowest BCUT2D eigenvalue weighted by molar-refractivity contribution is 0.477. The minimum atomic E-state index is 0.773. The zero-order chi connectivity index (χ0) is 11.4. The number of halogens is 1. The van der Waals surface area contributed by atoms with E-state index in [-0.39, 0.29) is 0 Å². The summed E-state index contributed by atoms with van der Waals surface area (Å²) in [6.45, 7) is 2.90. The van der Waals surface area contributed by atoms with Gasteiger partial charge >= 0.3 is 0 Å². The third-order valence-corrected chi connectivity index (χ3v) is 2.88. The maximum Gasteiger partial charge on any atom is 0.165 e. The number of alkyl halides is 1. The first-order chi connectivity index (χ1) is 7.83. The lowest BCUT2D eigenvalue weighted by atomic mass is 10.2. The fourth-order valence-electron chi connectivity index (χ4n) is 1.41. The van der Waals surface area contributed by atoms with Crippen LogP contribution in [0.25, 0.3) is 0 Å². The summed E-state index contributed by atoms with van der Waals surface area (Å²) in [5.41, 5.74) is 1.13. The van der Waals surface area contributed by atoms with Gasteiger partial charge in [-0.1, -0.05) is 34.1 Å². The van der Waals surface area contributed by atoms with Crippen LogP contribution in [-0.2, 0) is 11.9 Å². The molecule has 0 bridgehead atoms. The number of para-hydroxylation sites is 1. The molecule has 1 aromatic heterocycles. The van der Waals surface area contributed by atoms with Gasteiger partial charge in [0.25, 0.3) is 0 Å². The molecule has 0 aliphatic rings. The zero-order valence-electron chi connectivity index (χ0n) is 9.06. The van der Waals surface area contributed by atoms with Crippen molar-refractivity contribution in [2.24, 2.45) is 0 Å². The molecule has 0 atom stereocenters. The Balaban J connectivity index is 2.19. The molecule has 3 nitrogen and oxygen atoms in total. The van der Waals surface area contributed by atoms with E-state index in [1.54, 1.807) is 6.20 Å². The van der Waals surface area contributed by atoms with Crippen LogP contribution in [0.1, 0.15) is 12.5 Å². The zero-order valence-corrected chi connectivity index (χ0v) is 10.6. The topological polar surface area (TPSA) is 27.1 Å². The van der Waals surface area contributed by atoms with Crippen molar-refractivity contribution in [2.45, 2.75) is 18.8 Å². The molecule has 0 aliphatic carbocycles. The molecule has 2 aromatic rings. The number of nitrogens with zero attached hydrogens (tertiary/aromatic N) is 2. The highest BCUT2D eigenvalue weighted by molar-refractivity contribution is 9.08. The number of hydrogen-bond acceptors (Lipinski definition) is 2. The van der Waals surface area contributed by atoms with Gasteiger partial charge in [-0.2, -0.15) is 5.10 Å². The van der Waals surface area contributed by atoms with Crippen LogP contribution in [0.15, 0.2) is 36.7 Å². The average molecular weight is 281 g/mol. The predicted molar refractivity (Wildman–Crippen MR) is 67.0 cm³/mol. The average Bonchev–Trinajstić information content (AvgIpc) is 2.77. The second-order valence-corrected chi connectivity index (χ2v) is 3.94. The van der Waals surface area contributed by atoms with Gasteiger partial charge in [0.1, 0.15) is 5.75 Å². The van der Waals surface area contributed by atoms with Gasteiger partial charge in [-0.15, -0.1) is 0 Å². The summed E-state index contributed by atoms with van der Waals surface area (Å²) in [4.78, 5) is 0. The van der Waals surface area contributed by atoms with E-state index in [1.807, 2.05) is 42.1 Å². The fraction of sp³-hybridized carbons (Fsp3) is 0.250. The Bertz CT molecular complexity index is 468. The maximum atomic E-state index is 5.77. The summed E-state index contributed by atoms with van der Waals surface area (Å²) >= 11 is 3.44. The highest BCUT2D eigenvalue weighted by Gasteiger charge is 2.04. The van der Waals surface area contributed by atoms with Gasteiger partial charge in [0.05, 0.1) is 12.4 Å². The quantitative estimate of drug-likeness (QED) is 0.801. The number of ether oxygens (including phenoxy) is 1. The summed E-state index contributed by atoms with van der Waals surface area (Å²) in [6.07, 6.45) is 3.62. The second-order valence-electron chi connectivity index (χ2n) is 3.38. The van der Waals surface area contributed by atoms with E-state index in [9.17, 15) is 0 Å². The summed E-state index contributed by atoms with van der Waals surface area (Å²) in [7, 11) is 0. The van der Waals surface area contributed by atoms with Crippen LogP contribution in [0.3, 0.4) is 0 Å². The van der Waals surface area contributed by atoms with E-state index in [0.717, 1.165) is 28.9 Å². The predicted octanol–water partition coefficient (Wildman–Crippen LogP) is 3.59. The minimum absolute atomic E-state index is 0.773. The SMILES string of the molecule is CCn1cc(Oc2ccccc2CBr)cn1. The molecular weight excluding hydrogens is 268 g/mol. The van der Waals surface area contributed by atoms with Crippen LogP contribution in [-0.4, -0.2) is 9.78 Å². The van der Waals surface area contributed by atoms with Gasteiger partial charge in [0.2, 0.25) is 0 Å². The van der Waals surface area contributed by atoms with Crippen molar-refractivity contribution < 1.29 is 4.74 Å². The lowest BCUT2D eigenvalue weighted by Crippen LogP contribution is -1.92. The first-order valence-corrected chi connectivity index (χ1v) is 6.29. The van der Waals surface area contributed by atoms with Crippen LogP contribution >= 0.6 is 15.9 Å². The van der Waals surface area contributed by atoms with Gasteiger partial charge < -0.3 is 4.74 Å². The van der Waals surface area contributed by atoms with E-state index in [4.69, 9.17) is 4.74 Å². The molecule has 16 heavy (non-hydrogen) atoms. The fourth-order valence-corrected chi connectivity index (χ4v) is 1.87. The van der Waals surface area contributed by atoms with Gasteiger partial charge in [-0.05, 0) is 13.0 Å². The molecule has 1 aromatic carbocycles. The van der Waals surface area contributed by atoms with Crippen molar-refractivity contribution >= 4 is 15.9 Å². The van der Waals surface area contributed by atoms with E-state index < -0.39 is 0 Å². The number of aromatic nitrogens is 2. The monoisotopic (exact) mass is 280 g/mol. The molecule has 0 amide bonds. The first-order valence-electron chi connectivity index (χ1n) is 5.17. The highest BCUT2D eigenvalue weighted by Crippen LogP contribution is 2.26. The summed E-state index contributed by atoms with van der Waals surface area (Å²) in [5.74, 6) is 1.64. The van der Waals surface area contributed by atoms with E-state index >= 15 is 0 Å². The molecule has 0 spiro atoms. The van der Waals surface area contributed by atoms with Gasteiger partial charge in [0.15, 0.2) is 5.75 Å². The molecule has 84 valence electrons. The Kier molecular flexibility index (Phi) is 3.62. The molecule has 2 rings (SSSR count). The molecule has 0 aliphatic heterocycles. The Morgan fingerprint density at radius 3 is 2.88 bits per heavy atom. The van der Waals surface area contributed by atoms with Crippen LogP contribution in [0.5, 0.6) is 11.5 Å². The molecule has 0 saturated heterocycles. The Morgan fingerprint density at radius 2 is 2.19 bits per heavy atom. The minimum Gasteiger partial charge on any atom is -0.454 e. The Hall–Kier alpha value is -1.29. The molecule has 1 heterocycles. The summed E-state index contributed by atoms with van der Waals surface area (Å²) in [5, 5.41) is 4.95. The van der Waals surface area contributed by atoms with Gasteiger partial charge in [-0.3, -0.25) is 4.68 Å². The normalized spacial score (nSPS) is 10.4. The Morgan fingerprint density at radius 1 is 1.38 bits per heavy atom. The summed E-state index contributed by atoms with van der Waals surface area (Å²) < 4.78 is 7.61. The molecular formula is C12H13BrN2O. The van der Waals surface area contributed by atoms with Gasteiger partial charge in [-0.25, -0.2) is 0 Å². The highest BCUT2D eigenvalue weighted by atomic mass is 79.9. The number of hydrogen-bond donors (Lipinski definition) is 0. The number of aryl methyl sites for hydroxylation is 1. The molecule has 0 unspecified atom stereocenters. The van der Waals surface area contributed by atoms with Crippen LogP contribution in [0.4, 0.5) is 0 Å². The van der Waals surface area contributed by atoms with Crippen LogP contribution < -0.4 is 4.74 Å². The van der Waals surface area contributed by atoms with Gasteiger partial charge in [0, 0.05) is 17.4 Å². The third kappa shape index (κ3) is 2.44. The molecule has 4 heteroatoms. The van der Waals surface area contributed by atoms with Crippen LogP contribution in [0, 0.1) is 0 Å². The standard InChI is InChI=1S/C12H13BrN2O/c1-2-15-9-11(8-14-15)16-12-6-4-3-5-10(12)7-13/h3-6,8-9H,2,7H2,1H3. The Labute approximate surface area is 103 Å². The summed E-state index contributed by atoms with van der Waals surface area (Å²) in [6, 6.07) is 7.96. The number of rotatable bonds is 4. The van der Waals surface area contributed by atoms with Crippen LogP contribution in [0.2, 0.25) is 0 Å². The van der Waals surface area contributed by atoms with Crippen molar-refractivity contribution in [3.8, 4) is 11.5 Å². The van der Waals surface area contributed by atoms with Crippen molar-refractivity contribution in [3.05, 3.63) is 42.2 Å². The molecule has 0 fully saturated rings. The third-order valence-electron chi connectivity index (χ3n) is 2.28. The van der Waals surface area contributed by atoms with Crippen molar-refractivity contribution in [2.75, 3.05) is 0 Å². The van der Waals surface area contributed by atoms with E-state index in [1.165, 1.54) is 0 Å². The van der Waals surface area contributed by atoms with E-state index in [0.29, 0.717) is 0 Å². The van der Waals surface area contributed by atoms with Crippen molar-refractivity contribution in [1.29, 1.82) is 0 Å². The smallest absolute Gasteiger partial charge is 0.165 e.